The molecule has 96 valence electrons. The molecule has 0 spiro atoms. The average molecular weight is 249 g/mol. The summed E-state index contributed by atoms with van der Waals surface area (Å²) in [6, 6.07) is 0.187. The van der Waals surface area contributed by atoms with Crippen molar-refractivity contribution in [2.45, 2.75) is 52.5 Å². The van der Waals surface area contributed by atoms with E-state index in [2.05, 4.69) is 20.8 Å². The highest BCUT2D eigenvalue weighted by Crippen LogP contribution is 2.26. The normalized spacial score (nSPS) is 21.5. The van der Waals surface area contributed by atoms with Crippen LogP contribution in [-0.2, 0) is 4.79 Å². The van der Waals surface area contributed by atoms with Crippen molar-refractivity contribution >= 4 is 18.3 Å². The molecule has 0 saturated carbocycles. The molecule has 0 aromatic carbocycles. The molecular formula is C12H25ClN2O. The highest BCUT2D eigenvalue weighted by molar-refractivity contribution is 5.85. The van der Waals surface area contributed by atoms with Crippen LogP contribution in [0.1, 0.15) is 46.5 Å². The molecule has 0 aromatic rings. The number of amides is 1. The van der Waals surface area contributed by atoms with Crippen LogP contribution in [0.2, 0.25) is 0 Å². The van der Waals surface area contributed by atoms with Gasteiger partial charge in [0.15, 0.2) is 0 Å². The van der Waals surface area contributed by atoms with Crippen LogP contribution in [-0.4, -0.2) is 29.9 Å². The van der Waals surface area contributed by atoms with Gasteiger partial charge in [0, 0.05) is 25.6 Å². The van der Waals surface area contributed by atoms with Crippen LogP contribution in [0, 0.1) is 5.41 Å². The number of nitrogens with two attached hydrogens (primary N) is 1. The van der Waals surface area contributed by atoms with Gasteiger partial charge in [0.1, 0.15) is 0 Å². The predicted molar refractivity (Wildman–Crippen MR) is 69.7 cm³/mol. The quantitative estimate of drug-likeness (QED) is 0.832. The Bertz CT molecular complexity index is 231. The Morgan fingerprint density at radius 2 is 2.12 bits per heavy atom. The summed E-state index contributed by atoms with van der Waals surface area (Å²) in [6.07, 6.45) is 3.80. The molecule has 1 aliphatic rings. The maximum atomic E-state index is 12.0. The lowest BCUT2D eigenvalue weighted by molar-refractivity contribution is -0.134. The zero-order valence-electron chi connectivity index (χ0n) is 10.7. The standard InChI is InChI=1S/C12H24N2O.ClH/c1-4-12(2,3)8-11(15)14-7-5-6-10(13)9-14;/h10H,4-9,13H2,1-3H3;1H. The van der Waals surface area contributed by atoms with Crippen LogP contribution in [0.4, 0.5) is 0 Å². The molecule has 1 heterocycles. The third-order valence-electron chi connectivity index (χ3n) is 3.40. The summed E-state index contributed by atoms with van der Waals surface area (Å²) in [4.78, 5) is 13.9. The van der Waals surface area contributed by atoms with Crippen molar-refractivity contribution in [1.29, 1.82) is 0 Å². The molecule has 3 nitrogen and oxygen atoms in total. The first-order valence-corrected chi connectivity index (χ1v) is 5.98. The molecular weight excluding hydrogens is 224 g/mol. The Morgan fingerprint density at radius 3 is 2.62 bits per heavy atom. The molecule has 2 N–H and O–H groups in total. The summed E-state index contributed by atoms with van der Waals surface area (Å²) >= 11 is 0. The first-order valence-electron chi connectivity index (χ1n) is 5.98. The summed E-state index contributed by atoms with van der Waals surface area (Å²) in [5.41, 5.74) is 5.99. The Labute approximate surface area is 105 Å². The lowest BCUT2D eigenvalue weighted by Crippen LogP contribution is -2.46. The van der Waals surface area contributed by atoms with Crippen molar-refractivity contribution in [2.24, 2.45) is 11.1 Å². The van der Waals surface area contributed by atoms with Crippen molar-refractivity contribution in [2.75, 3.05) is 13.1 Å². The third kappa shape index (κ3) is 4.71. The summed E-state index contributed by atoms with van der Waals surface area (Å²) in [5.74, 6) is 0.275. The average Bonchev–Trinajstić information content (AvgIpc) is 2.17. The van der Waals surface area contributed by atoms with E-state index in [1.54, 1.807) is 0 Å². The summed E-state index contributed by atoms with van der Waals surface area (Å²) < 4.78 is 0. The molecule has 1 unspecified atom stereocenters. The SMILES string of the molecule is CCC(C)(C)CC(=O)N1CCCC(N)C1.Cl. The second-order valence-corrected chi connectivity index (χ2v) is 5.44. The predicted octanol–water partition coefficient (Wildman–Crippen LogP) is 2.18. The number of carbonyl (C=O) groups excluding carboxylic acids is 1. The van der Waals surface area contributed by atoms with Gasteiger partial charge in [-0.15, -0.1) is 12.4 Å². The fourth-order valence-corrected chi connectivity index (χ4v) is 1.88. The molecule has 1 fully saturated rings. The van der Waals surface area contributed by atoms with Crippen molar-refractivity contribution in [3.63, 3.8) is 0 Å². The van der Waals surface area contributed by atoms with Gasteiger partial charge < -0.3 is 10.6 Å². The molecule has 0 bridgehead atoms. The smallest absolute Gasteiger partial charge is 0.223 e. The fraction of sp³-hybridized carbons (Fsp3) is 0.917. The first kappa shape index (κ1) is 15.7. The number of nitrogens with zero attached hydrogens (tertiary/aromatic N) is 1. The van der Waals surface area contributed by atoms with E-state index in [0.717, 1.165) is 32.4 Å². The third-order valence-corrected chi connectivity index (χ3v) is 3.40. The van der Waals surface area contributed by atoms with E-state index in [-0.39, 0.29) is 29.8 Å². The van der Waals surface area contributed by atoms with Crippen molar-refractivity contribution in [3.05, 3.63) is 0 Å². The Hall–Kier alpha value is -0.280. The lowest BCUT2D eigenvalue weighted by Gasteiger charge is -2.33. The van der Waals surface area contributed by atoms with Crippen molar-refractivity contribution in [3.8, 4) is 0 Å². The Balaban J connectivity index is 0.00000225. The minimum Gasteiger partial charge on any atom is -0.341 e. The molecule has 1 rings (SSSR count). The molecule has 0 radical (unpaired) electrons. The molecule has 1 saturated heterocycles. The van der Waals surface area contributed by atoms with Gasteiger partial charge in [0.2, 0.25) is 5.91 Å². The number of rotatable bonds is 3. The minimum atomic E-state index is 0. The highest BCUT2D eigenvalue weighted by Gasteiger charge is 2.26. The van der Waals surface area contributed by atoms with E-state index >= 15 is 0 Å². The van der Waals surface area contributed by atoms with Crippen LogP contribution in [0.5, 0.6) is 0 Å². The molecule has 1 atom stereocenters. The first-order chi connectivity index (χ1) is 6.94. The van der Waals surface area contributed by atoms with Gasteiger partial charge in [-0.3, -0.25) is 4.79 Å². The zero-order valence-corrected chi connectivity index (χ0v) is 11.5. The zero-order chi connectivity index (χ0) is 11.5. The van der Waals surface area contributed by atoms with Crippen LogP contribution >= 0.6 is 12.4 Å². The molecule has 16 heavy (non-hydrogen) atoms. The van der Waals surface area contributed by atoms with Crippen LogP contribution in [0.3, 0.4) is 0 Å². The van der Waals surface area contributed by atoms with Gasteiger partial charge in [-0.1, -0.05) is 27.2 Å². The van der Waals surface area contributed by atoms with Gasteiger partial charge in [-0.25, -0.2) is 0 Å². The molecule has 1 aliphatic heterocycles. The molecule has 4 heteroatoms. The van der Waals surface area contributed by atoms with Gasteiger partial charge in [-0.05, 0) is 18.3 Å². The summed E-state index contributed by atoms with van der Waals surface area (Å²) in [6.45, 7) is 8.07. The number of piperidine rings is 1. The lowest BCUT2D eigenvalue weighted by atomic mass is 9.86. The second kappa shape index (κ2) is 6.45. The summed E-state index contributed by atoms with van der Waals surface area (Å²) in [5, 5.41) is 0. The molecule has 1 amide bonds. The van der Waals surface area contributed by atoms with Gasteiger partial charge in [0.25, 0.3) is 0 Å². The monoisotopic (exact) mass is 248 g/mol. The van der Waals surface area contributed by atoms with E-state index in [4.69, 9.17) is 5.73 Å². The largest absolute Gasteiger partial charge is 0.341 e. The Kier molecular flexibility index (Phi) is 6.34. The van der Waals surface area contributed by atoms with E-state index in [1.165, 1.54) is 0 Å². The van der Waals surface area contributed by atoms with Gasteiger partial charge >= 0.3 is 0 Å². The topological polar surface area (TPSA) is 46.3 Å². The summed E-state index contributed by atoms with van der Waals surface area (Å²) in [7, 11) is 0. The molecule has 0 aromatic heterocycles. The maximum absolute atomic E-state index is 12.0. The van der Waals surface area contributed by atoms with E-state index in [0.29, 0.717) is 6.42 Å². The van der Waals surface area contributed by atoms with Crippen molar-refractivity contribution < 1.29 is 4.79 Å². The van der Waals surface area contributed by atoms with E-state index in [9.17, 15) is 4.79 Å². The number of hydrogen-bond acceptors (Lipinski definition) is 2. The van der Waals surface area contributed by atoms with Gasteiger partial charge in [0.05, 0.1) is 0 Å². The number of likely N-dealkylation sites (tertiary alicyclic amines) is 1. The number of carbonyl (C=O) groups is 1. The van der Waals surface area contributed by atoms with E-state index < -0.39 is 0 Å². The van der Waals surface area contributed by atoms with Crippen LogP contribution in [0.25, 0.3) is 0 Å². The number of hydrogen-bond donors (Lipinski definition) is 1. The minimum absolute atomic E-state index is 0. The van der Waals surface area contributed by atoms with Crippen molar-refractivity contribution in [1.82, 2.24) is 4.90 Å². The Morgan fingerprint density at radius 1 is 1.50 bits per heavy atom. The van der Waals surface area contributed by atoms with E-state index in [1.807, 2.05) is 4.90 Å². The van der Waals surface area contributed by atoms with Crippen LogP contribution < -0.4 is 5.73 Å². The highest BCUT2D eigenvalue weighted by atomic mass is 35.5. The van der Waals surface area contributed by atoms with Crippen LogP contribution in [0.15, 0.2) is 0 Å². The second-order valence-electron chi connectivity index (χ2n) is 5.44. The number of halogens is 1. The van der Waals surface area contributed by atoms with Gasteiger partial charge in [-0.2, -0.15) is 0 Å². The maximum Gasteiger partial charge on any atom is 0.223 e. The fourth-order valence-electron chi connectivity index (χ4n) is 1.88. The molecule has 0 aliphatic carbocycles.